The molecule has 3 rings (SSSR count). The molecular weight excluding hydrogens is 334 g/mol. The molecule has 2 fully saturated rings. The summed E-state index contributed by atoms with van der Waals surface area (Å²) in [6.07, 6.45) is 4.00. The molecule has 2 N–H and O–H groups in total. The Morgan fingerprint density at radius 3 is 2.85 bits per heavy atom. The van der Waals surface area contributed by atoms with E-state index in [1.807, 2.05) is 19.9 Å². The van der Waals surface area contributed by atoms with Gasteiger partial charge in [-0.1, -0.05) is 0 Å². The van der Waals surface area contributed by atoms with Crippen LogP contribution in [0.1, 0.15) is 38.3 Å². The Labute approximate surface area is 154 Å². The van der Waals surface area contributed by atoms with Crippen molar-refractivity contribution in [2.24, 2.45) is 0 Å². The number of amides is 1. The number of nitrogens with one attached hydrogen (secondary N) is 2. The van der Waals surface area contributed by atoms with Gasteiger partial charge in [-0.05, 0) is 39.5 Å². The van der Waals surface area contributed by atoms with E-state index in [0.29, 0.717) is 31.7 Å². The van der Waals surface area contributed by atoms with Crippen LogP contribution in [0.4, 0.5) is 16.6 Å². The zero-order valence-corrected chi connectivity index (χ0v) is 15.7. The third-order valence-electron chi connectivity index (χ3n) is 4.74. The van der Waals surface area contributed by atoms with Gasteiger partial charge < -0.3 is 25.0 Å². The van der Waals surface area contributed by atoms with Crippen molar-refractivity contribution in [3.05, 3.63) is 11.8 Å². The summed E-state index contributed by atoms with van der Waals surface area (Å²) in [4.78, 5) is 22.6. The van der Waals surface area contributed by atoms with E-state index in [0.717, 1.165) is 50.3 Å². The third-order valence-corrected chi connectivity index (χ3v) is 4.74. The lowest BCUT2D eigenvalue weighted by Crippen LogP contribution is -2.42. The smallest absolute Gasteiger partial charge is 0.409 e. The minimum atomic E-state index is -0.218. The molecule has 8 nitrogen and oxygen atoms in total. The molecular formula is C18H29N5O3. The Morgan fingerprint density at radius 1 is 1.35 bits per heavy atom. The van der Waals surface area contributed by atoms with Crippen LogP contribution in [-0.2, 0) is 9.47 Å². The monoisotopic (exact) mass is 363 g/mol. The molecule has 1 atom stereocenters. The van der Waals surface area contributed by atoms with Gasteiger partial charge in [0.15, 0.2) is 0 Å². The number of aryl methyl sites for hydroxylation is 1. The second-order valence-corrected chi connectivity index (χ2v) is 6.84. The molecule has 8 heteroatoms. The lowest BCUT2D eigenvalue weighted by Gasteiger charge is -2.31. The van der Waals surface area contributed by atoms with Crippen LogP contribution in [0.2, 0.25) is 0 Å². The highest BCUT2D eigenvalue weighted by Crippen LogP contribution is 2.18. The summed E-state index contributed by atoms with van der Waals surface area (Å²) in [5, 5.41) is 6.76. The predicted molar refractivity (Wildman–Crippen MR) is 99.5 cm³/mol. The van der Waals surface area contributed by atoms with Gasteiger partial charge in [-0.2, -0.15) is 4.98 Å². The zero-order valence-electron chi connectivity index (χ0n) is 15.7. The fraction of sp³-hybridized carbons (Fsp3) is 0.722. The molecule has 1 amide bonds. The van der Waals surface area contributed by atoms with Crippen LogP contribution in [0.15, 0.2) is 6.07 Å². The standard InChI is InChI=1S/C18H29N5O3/c1-3-25-18(24)23-8-6-14(7-9-23)21-16-11-13(2)20-17(22-16)19-12-15-5-4-10-26-15/h11,14-15H,3-10,12H2,1-2H3,(H2,19,20,21,22). The fourth-order valence-corrected chi connectivity index (χ4v) is 3.36. The maximum atomic E-state index is 11.8. The molecule has 2 aliphatic rings. The topological polar surface area (TPSA) is 88.6 Å². The highest BCUT2D eigenvalue weighted by atomic mass is 16.6. The molecule has 1 unspecified atom stereocenters. The molecule has 144 valence electrons. The summed E-state index contributed by atoms with van der Waals surface area (Å²) >= 11 is 0. The van der Waals surface area contributed by atoms with E-state index in [4.69, 9.17) is 9.47 Å². The normalized spacial score (nSPS) is 20.8. The molecule has 2 aliphatic heterocycles. The van der Waals surface area contributed by atoms with Crippen LogP contribution in [0.5, 0.6) is 0 Å². The van der Waals surface area contributed by atoms with Gasteiger partial charge in [-0.3, -0.25) is 0 Å². The first-order valence-electron chi connectivity index (χ1n) is 9.53. The van der Waals surface area contributed by atoms with E-state index in [9.17, 15) is 4.79 Å². The molecule has 0 bridgehead atoms. The Hall–Kier alpha value is -2.09. The van der Waals surface area contributed by atoms with Crippen molar-refractivity contribution in [3.8, 4) is 0 Å². The molecule has 1 aromatic heterocycles. The molecule has 0 aliphatic carbocycles. The molecule has 0 radical (unpaired) electrons. The largest absolute Gasteiger partial charge is 0.450 e. The predicted octanol–water partition coefficient (Wildman–Crippen LogP) is 2.41. The minimum Gasteiger partial charge on any atom is -0.450 e. The van der Waals surface area contributed by atoms with E-state index in [-0.39, 0.29) is 12.2 Å². The van der Waals surface area contributed by atoms with Gasteiger partial charge in [-0.15, -0.1) is 0 Å². The van der Waals surface area contributed by atoms with Crippen molar-refractivity contribution < 1.29 is 14.3 Å². The average Bonchev–Trinajstić information content (AvgIpc) is 3.14. The highest BCUT2D eigenvalue weighted by Gasteiger charge is 2.24. The number of likely N-dealkylation sites (tertiary alicyclic amines) is 1. The summed E-state index contributed by atoms with van der Waals surface area (Å²) < 4.78 is 10.7. The Kier molecular flexibility index (Phi) is 6.49. The molecule has 1 aromatic rings. The van der Waals surface area contributed by atoms with E-state index < -0.39 is 0 Å². The number of nitrogens with zero attached hydrogens (tertiary/aromatic N) is 3. The van der Waals surface area contributed by atoms with Crippen molar-refractivity contribution in [1.82, 2.24) is 14.9 Å². The van der Waals surface area contributed by atoms with E-state index in [1.165, 1.54) is 0 Å². The van der Waals surface area contributed by atoms with Crippen molar-refractivity contribution in [2.45, 2.75) is 51.7 Å². The number of anilines is 2. The first-order valence-corrected chi connectivity index (χ1v) is 9.53. The fourth-order valence-electron chi connectivity index (χ4n) is 3.36. The van der Waals surface area contributed by atoms with Crippen molar-refractivity contribution >= 4 is 17.9 Å². The average molecular weight is 363 g/mol. The van der Waals surface area contributed by atoms with Crippen LogP contribution in [0, 0.1) is 6.92 Å². The van der Waals surface area contributed by atoms with E-state index >= 15 is 0 Å². The Balaban J connectivity index is 1.50. The Morgan fingerprint density at radius 2 is 2.15 bits per heavy atom. The highest BCUT2D eigenvalue weighted by molar-refractivity contribution is 5.67. The van der Waals surface area contributed by atoms with Crippen molar-refractivity contribution in [1.29, 1.82) is 0 Å². The SMILES string of the molecule is CCOC(=O)N1CCC(Nc2cc(C)nc(NCC3CCCO3)n2)CC1. The molecule has 3 heterocycles. The van der Waals surface area contributed by atoms with Crippen molar-refractivity contribution in [3.63, 3.8) is 0 Å². The number of carbonyl (C=O) groups excluding carboxylic acids is 1. The third kappa shape index (κ3) is 5.20. The van der Waals surface area contributed by atoms with Crippen molar-refractivity contribution in [2.75, 3.05) is 43.5 Å². The van der Waals surface area contributed by atoms with Gasteiger partial charge in [-0.25, -0.2) is 9.78 Å². The lowest BCUT2D eigenvalue weighted by atomic mass is 10.1. The molecule has 2 saturated heterocycles. The van der Waals surface area contributed by atoms with Gasteiger partial charge >= 0.3 is 6.09 Å². The van der Waals surface area contributed by atoms with Gasteiger partial charge in [0, 0.05) is 44.0 Å². The first kappa shape index (κ1) is 18.7. The molecule has 26 heavy (non-hydrogen) atoms. The molecule has 0 aromatic carbocycles. The zero-order chi connectivity index (χ0) is 18.4. The summed E-state index contributed by atoms with van der Waals surface area (Å²) in [6.45, 7) is 7.19. The number of hydrogen-bond donors (Lipinski definition) is 2. The molecule has 0 spiro atoms. The van der Waals surface area contributed by atoms with Crippen LogP contribution in [0.3, 0.4) is 0 Å². The van der Waals surface area contributed by atoms with Gasteiger partial charge in [0.05, 0.1) is 12.7 Å². The van der Waals surface area contributed by atoms with Crippen LogP contribution < -0.4 is 10.6 Å². The van der Waals surface area contributed by atoms with Gasteiger partial charge in [0.2, 0.25) is 5.95 Å². The number of piperidine rings is 1. The second kappa shape index (κ2) is 9.02. The summed E-state index contributed by atoms with van der Waals surface area (Å²) in [5.41, 5.74) is 0.918. The van der Waals surface area contributed by atoms with Gasteiger partial charge in [0.1, 0.15) is 5.82 Å². The van der Waals surface area contributed by atoms with Crippen LogP contribution >= 0.6 is 0 Å². The first-order chi connectivity index (χ1) is 12.6. The second-order valence-electron chi connectivity index (χ2n) is 6.84. The van der Waals surface area contributed by atoms with Crippen LogP contribution in [0.25, 0.3) is 0 Å². The van der Waals surface area contributed by atoms with E-state index in [1.54, 1.807) is 4.90 Å². The Bertz CT molecular complexity index is 598. The summed E-state index contributed by atoms with van der Waals surface area (Å²) in [5.74, 6) is 1.45. The maximum Gasteiger partial charge on any atom is 0.409 e. The lowest BCUT2D eigenvalue weighted by molar-refractivity contribution is 0.0983. The maximum absolute atomic E-state index is 11.8. The summed E-state index contributed by atoms with van der Waals surface area (Å²) in [6, 6.07) is 2.25. The van der Waals surface area contributed by atoms with Crippen LogP contribution in [-0.4, -0.2) is 66.0 Å². The van der Waals surface area contributed by atoms with Gasteiger partial charge in [0.25, 0.3) is 0 Å². The number of carbonyl (C=O) groups is 1. The number of ether oxygens (including phenoxy) is 2. The quantitative estimate of drug-likeness (QED) is 0.802. The summed E-state index contributed by atoms with van der Waals surface area (Å²) in [7, 11) is 0. The minimum absolute atomic E-state index is 0.218. The number of aromatic nitrogens is 2. The molecule has 0 saturated carbocycles. The number of hydrogen-bond acceptors (Lipinski definition) is 7. The van der Waals surface area contributed by atoms with E-state index in [2.05, 4.69) is 20.6 Å². The number of rotatable bonds is 6.